The van der Waals surface area contributed by atoms with Crippen LogP contribution in [0.5, 0.6) is 0 Å². The summed E-state index contributed by atoms with van der Waals surface area (Å²) in [4.78, 5) is 0. The van der Waals surface area contributed by atoms with Crippen molar-refractivity contribution in [1.29, 1.82) is 0 Å². The van der Waals surface area contributed by atoms with Crippen molar-refractivity contribution < 1.29 is 4.74 Å². The van der Waals surface area contributed by atoms with E-state index >= 15 is 0 Å². The van der Waals surface area contributed by atoms with E-state index in [1.807, 2.05) is 0 Å². The summed E-state index contributed by atoms with van der Waals surface area (Å²) >= 11 is 0. The zero-order valence-corrected chi connectivity index (χ0v) is 16.5. The van der Waals surface area contributed by atoms with Crippen LogP contribution in [0.15, 0.2) is 12.2 Å². The molecule has 0 spiro atoms. The van der Waals surface area contributed by atoms with Gasteiger partial charge in [-0.2, -0.15) is 0 Å². The quantitative estimate of drug-likeness (QED) is 0.184. The molecule has 0 aliphatic carbocycles. The van der Waals surface area contributed by atoms with Gasteiger partial charge in [-0.15, -0.1) is 0 Å². The van der Waals surface area contributed by atoms with Gasteiger partial charge in [0.15, 0.2) is 0 Å². The molecule has 0 fully saturated rings. The third-order valence-electron chi connectivity index (χ3n) is 4.48. The van der Waals surface area contributed by atoms with Gasteiger partial charge in [-0.05, 0) is 45.4 Å². The van der Waals surface area contributed by atoms with Crippen LogP contribution in [0.3, 0.4) is 0 Å². The van der Waals surface area contributed by atoms with Crippen molar-refractivity contribution in [3.63, 3.8) is 0 Å². The molecule has 0 bridgehead atoms. The van der Waals surface area contributed by atoms with Crippen LogP contribution in [0, 0.1) is 0 Å². The van der Waals surface area contributed by atoms with E-state index in [1.165, 1.54) is 89.9 Å². The molecule has 0 rings (SSSR count). The second kappa shape index (κ2) is 19.7. The minimum Gasteiger partial charge on any atom is -0.379 e. The molecule has 0 radical (unpaired) electrons. The molecule has 1 heteroatoms. The Balaban J connectivity index is 3.13. The predicted octanol–water partition coefficient (Wildman–Crippen LogP) is 7.84. The number of allylic oxidation sites excluding steroid dienone is 2. The molecule has 1 unspecified atom stereocenters. The summed E-state index contributed by atoms with van der Waals surface area (Å²) in [5.74, 6) is 0. The Morgan fingerprint density at radius 1 is 0.652 bits per heavy atom. The van der Waals surface area contributed by atoms with Crippen LogP contribution in [0.25, 0.3) is 0 Å². The van der Waals surface area contributed by atoms with Crippen LogP contribution in [-0.2, 0) is 4.74 Å². The van der Waals surface area contributed by atoms with Gasteiger partial charge in [0, 0.05) is 6.61 Å². The third kappa shape index (κ3) is 19.7. The van der Waals surface area contributed by atoms with Gasteiger partial charge in [0.25, 0.3) is 0 Å². The van der Waals surface area contributed by atoms with Crippen molar-refractivity contribution in [3.8, 4) is 0 Å². The highest BCUT2D eigenvalue weighted by Crippen LogP contribution is 2.11. The molecule has 23 heavy (non-hydrogen) atoms. The molecule has 0 saturated heterocycles. The topological polar surface area (TPSA) is 9.23 Å². The first kappa shape index (κ1) is 22.7. The second-order valence-electron chi connectivity index (χ2n) is 7.05. The second-order valence-corrected chi connectivity index (χ2v) is 7.05. The molecule has 138 valence electrons. The average Bonchev–Trinajstić information content (AvgIpc) is 2.56. The summed E-state index contributed by atoms with van der Waals surface area (Å²) in [6.07, 6.45) is 25.5. The number of hydrogen-bond acceptors (Lipinski definition) is 1. The maximum atomic E-state index is 5.70. The minimum atomic E-state index is 0.458. The highest BCUT2D eigenvalue weighted by atomic mass is 16.5. The summed E-state index contributed by atoms with van der Waals surface area (Å²) in [6.45, 7) is 7.59. The van der Waals surface area contributed by atoms with Gasteiger partial charge in [-0.1, -0.05) is 83.8 Å². The minimum absolute atomic E-state index is 0.458. The Kier molecular flexibility index (Phi) is 19.5. The van der Waals surface area contributed by atoms with Crippen molar-refractivity contribution in [3.05, 3.63) is 12.2 Å². The Hall–Kier alpha value is -0.300. The summed E-state index contributed by atoms with van der Waals surface area (Å²) in [5, 5.41) is 0. The summed E-state index contributed by atoms with van der Waals surface area (Å²) in [5.41, 5.74) is 0. The molecule has 0 aromatic heterocycles. The average molecular weight is 325 g/mol. The van der Waals surface area contributed by atoms with Gasteiger partial charge in [-0.25, -0.2) is 0 Å². The summed E-state index contributed by atoms with van der Waals surface area (Å²) in [7, 11) is 0. The monoisotopic (exact) mass is 324 g/mol. The lowest BCUT2D eigenvalue weighted by Gasteiger charge is -2.11. The van der Waals surface area contributed by atoms with Crippen LogP contribution in [-0.4, -0.2) is 12.7 Å². The maximum Gasteiger partial charge on any atom is 0.0547 e. The molecule has 1 atom stereocenters. The van der Waals surface area contributed by atoms with E-state index in [2.05, 4.69) is 32.9 Å². The van der Waals surface area contributed by atoms with Crippen molar-refractivity contribution >= 4 is 0 Å². The van der Waals surface area contributed by atoms with E-state index in [1.54, 1.807) is 0 Å². The lowest BCUT2D eigenvalue weighted by atomic mass is 10.1. The molecule has 0 heterocycles. The molecule has 0 aliphatic rings. The van der Waals surface area contributed by atoms with Crippen LogP contribution in [0.4, 0.5) is 0 Å². The fourth-order valence-electron chi connectivity index (χ4n) is 2.90. The number of hydrogen-bond donors (Lipinski definition) is 0. The highest BCUT2D eigenvalue weighted by molar-refractivity contribution is 4.81. The van der Waals surface area contributed by atoms with E-state index < -0.39 is 0 Å². The van der Waals surface area contributed by atoms with Crippen molar-refractivity contribution in [1.82, 2.24) is 0 Å². The van der Waals surface area contributed by atoms with Gasteiger partial charge in [0.05, 0.1) is 6.10 Å². The molecule has 0 aliphatic heterocycles. The van der Waals surface area contributed by atoms with E-state index in [0.717, 1.165) is 13.0 Å². The summed E-state index contributed by atoms with van der Waals surface area (Å²) in [6, 6.07) is 0. The van der Waals surface area contributed by atoms with Crippen molar-refractivity contribution in [2.24, 2.45) is 0 Å². The van der Waals surface area contributed by atoms with Crippen molar-refractivity contribution in [2.45, 2.75) is 123 Å². The lowest BCUT2D eigenvalue weighted by Crippen LogP contribution is -2.08. The molecule has 0 N–H and O–H groups in total. The zero-order chi connectivity index (χ0) is 17.0. The van der Waals surface area contributed by atoms with E-state index in [9.17, 15) is 0 Å². The van der Waals surface area contributed by atoms with Gasteiger partial charge in [-0.3, -0.25) is 0 Å². The van der Waals surface area contributed by atoms with Crippen molar-refractivity contribution in [2.75, 3.05) is 6.61 Å². The Bertz CT molecular complexity index is 234. The standard InChI is InChI=1S/C22H44O/c1-4-6-7-8-9-10-11-12-13-14-15-16-17-18-19-20-22(3)23-21-5-2/h12-13,22H,4-11,14-21H2,1-3H3/b13-12-. The van der Waals surface area contributed by atoms with Crippen LogP contribution < -0.4 is 0 Å². The number of ether oxygens (including phenoxy) is 1. The van der Waals surface area contributed by atoms with Gasteiger partial charge in [0.1, 0.15) is 0 Å². The fraction of sp³-hybridized carbons (Fsp3) is 0.909. The number of unbranched alkanes of at least 4 members (excludes halogenated alkanes) is 11. The lowest BCUT2D eigenvalue weighted by molar-refractivity contribution is 0.0589. The molecular weight excluding hydrogens is 280 g/mol. The zero-order valence-electron chi connectivity index (χ0n) is 16.5. The summed E-state index contributed by atoms with van der Waals surface area (Å²) < 4.78 is 5.70. The first-order valence-electron chi connectivity index (χ1n) is 10.6. The Morgan fingerprint density at radius 3 is 1.74 bits per heavy atom. The molecule has 0 aromatic carbocycles. The largest absolute Gasteiger partial charge is 0.379 e. The Labute approximate surface area is 147 Å². The van der Waals surface area contributed by atoms with Gasteiger partial charge < -0.3 is 4.74 Å². The third-order valence-corrected chi connectivity index (χ3v) is 4.48. The van der Waals surface area contributed by atoms with Crippen LogP contribution in [0.1, 0.15) is 117 Å². The molecule has 0 saturated carbocycles. The van der Waals surface area contributed by atoms with E-state index in [-0.39, 0.29) is 0 Å². The Morgan fingerprint density at radius 2 is 1.17 bits per heavy atom. The van der Waals surface area contributed by atoms with Crippen LogP contribution in [0.2, 0.25) is 0 Å². The first-order chi connectivity index (χ1) is 11.3. The first-order valence-corrected chi connectivity index (χ1v) is 10.6. The molecular formula is C22H44O. The SMILES string of the molecule is CCCCCCCC/C=C\CCCCCCCC(C)OCCC. The smallest absolute Gasteiger partial charge is 0.0547 e. The van der Waals surface area contributed by atoms with Gasteiger partial charge in [0.2, 0.25) is 0 Å². The fourth-order valence-corrected chi connectivity index (χ4v) is 2.90. The molecule has 1 nitrogen and oxygen atoms in total. The van der Waals surface area contributed by atoms with Crippen LogP contribution >= 0.6 is 0 Å². The molecule has 0 aromatic rings. The van der Waals surface area contributed by atoms with E-state index in [0.29, 0.717) is 6.10 Å². The normalized spacial score (nSPS) is 13.0. The predicted molar refractivity (Wildman–Crippen MR) is 105 cm³/mol. The van der Waals surface area contributed by atoms with Gasteiger partial charge >= 0.3 is 0 Å². The highest BCUT2D eigenvalue weighted by Gasteiger charge is 2.00. The van der Waals surface area contributed by atoms with E-state index in [4.69, 9.17) is 4.74 Å². The molecule has 0 amide bonds. The number of rotatable bonds is 18. The maximum absolute atomic E-state index is 5.70.